The first-order valence-electron chi connectivity index (χ1n) is 21.0. The van der Waals surface area contributed by atoms with Crippen LogP contribution in [0.4, 0.5) is 17.1 Å². The van der Waals surface area contributed by atoms with E-state index < -0.39 is 0 Å². The second-order valence-corrected chi connectivity index (χ2v) is 17.7. The molecule has 57 heavy (non-hydrogen) atoms. The van der Waals surface area contributed by atoms with E-state index in [4.69, 9.17) is 0 Å². The second-order valence-electron chi connectivity index (χ2n) is 17.7. The Morgan fingerprint density at radius 2 is 1.07 bits per heavy atom. The van der Waals surface area contributed by atoms with Crippen LogP contribution in [0.5, 0.6) is 0 Å². The van der Waals surface area contributed by atoms with E-state index in [1.165, 1.54) is 109 Å². The highest BCUT2D eigenvalue weighted by atomic mass is 15.1. The summed E-state index contributed by atoms with van der Waals surface area (Å²) in [5.74, 6) is 1.55. The summed E-state index contributed by atoms with van der Waals surface area (Å²) in [7, 11) is 0. The van der Waals surface area contributed by atoms with Gasteiger partial charge in [-0.25, -0.2) is 0 Å². The molecule has 2 bridgehead atoms. The smallest absolute Gasteiger partial charge is 0.0540 e. The second kappa shape index (κ2) is 12.2. The number of rotatable bonds is 5. The van der Waals surface area contributed by atoms with Crippen molar-refractivity contribution in [2.75, 3.05) is 4.90 Å². The Balaban J connectivity index is 1.00. The van der Waals surface area contributed by atoms with Crippen molar-refractivity contribution in [2.45, 2.75) is 50.4 Å². The Labute approximate surface area is 336 Å². The van der Waals surface area contributed by atoms with Gasteiger partial charge in [-0.15, -0.1) is 0 Å². The van der Waals surface area contributed by atoms with E-state index in [-0.39, 0.29) is 10.8 Å². The van der Waals surface area contributed by atoms with E-state index in [1.807, 2.05) is 0 Å². The molecule has 8 aromatic rings. The van der Waals surface area contributed by atoms with Gasteiger partial charge in [0.15, 0.2) is 0 Å². The molecular formula is C56H45N. The molecule has 4 aliphatic carbocycles. The van der Waals surface area contributed by atoms with Crippen LogP contribution in [0.15, 0.2) is 176 Å². The van der Waals surface area contributed by atoms with Crippen molar-refractivity contribution >= 4 is 27.8 Å². The van der Waals surface area contributed by atoms with Gasteiger partial charge in [-0.3, -0.25) is 0 Å². The molecule has 1 spiro atoms. The van der Waals surface area contributed by atoms with Crippen LogP contribution in [0.3, 0.4) is 0 Å². The highest BCUT2D eigenvalue weighted by Crippen LogP contribution is 2.66. The van der Waals surface area contributed by atoms with Crippen molar-refractivity contribution in [1.82, 2.24) is 0 Å². The molecule has 8 aromatic carbocycles. The summed E-state index contributed by atoms with van der Waals surface area (Å²) >= 11 is 0. The van der Waals surface area contributed by atoms with Gasteiger partial charge < -0.3 is 4.90 Å². The summed E-state index contributed by atoms with van der Waals surface area (Å²) in [6.07, 6.45) is 5.37. The average Bonchev–Trinajstić information content (AvgIpc) is 4.01. The molecule has 0 aliphatic heterocycles. The zero-order valence-electron chi connectivity index (χ0n) is 32.7. The van der Waals surface area contributed by atoms with Crippen LogP contribution in [-0.2, 0) is 10.8 Å². The maximum absolute atomic E-state index is 2.58. The van der Waals surface area contributed by atoms with E-state index in [0.29, 0.717) is 0 Å². The molecular weight excluding hydrogens is 687 g/mol. The van der Waals surface area contributed by atoms with Gasteiger partial charge in [0.2, 0.25) is 0 Å². The Hall–Kier alpha value is -6.18. The molecule has 4 aliphatic rings. The molecule has 12 rings (SSSR count). The zero-order valence-corrected chi connectivity index (χ0v) is 32.7. The monoisotopic (exact) mass is 731 g/mol. The maximum atomic E-state index is 2.58. The molecule has 274 valence electrons. The normalized spacial score (nSPS) is 20.4. The summed E-state index contributed by atoms with van der Waals surface area (Å²) in [5, 5.41) is 2.51. The fraction of sp³-hybridized carbons (Fsp3) is 0.179. The van der Waals surface area contributed by atoms with Crippen LogP contribution in [0.25, 0.3) is 55.3 Å². The lowest BCUT2D eigenvalue weighted by molar-refractivity contribution is 0.327. The molecule has 3 atom stereocenters. The number of nitrogens with zero attached hydrogens (tertiary/aromatic N) is 1. The third-order valence-corrected chi connectivity index (χ3v) is 14.5. The van der Waals surface area contributed by atoms with Crippen molar-refractivity contribution < 1.29 is 0 Å². The Bertz CT molecular complexity index is 2910. The fourth-order valence-corrected chi connectivity index (χ4v) is 12.2. The lowest BCUT2D eigenvalue weighted by Gasteiger charge is -2.37. The lowest BCUT2D eigenvalue weighted by atomic mass is 9.67. The highest BCUT2D eigenvalue weighted by molar-refractivity contribution is 6.00. The van der Waals surface area contributed by atoms with Crippen LogP contribution in [0.2, 0.25) is 0 Å². The van der Waals surface area contributed by atoms with Crippen LogP contribution in [0, 0.1) is 11.8 Å². The van der Waals surface area contributed by atoms with Gasteiger partial charge >= 0.3 is 0 Å². The van der Waals surface area contributed by atoms with Crippen molar-refractivity contribution in [1.29, 1.82) is 0 Å². The standard InChI is InChI=1S/C56H45N/c1-55(2)50-22-9-7-19-46(50)49-21-12-20-48(54(49)55)44-17-6-5-15-42(44)38-26-29-40(30-27-38)57(53-24-11-14-37-13-3-4-16-43(37)53)41-31-32-47-45-18-8-10-23-51(45)56(52(47)34-41)35-36-25-28-39(56)33-36/h3-24,26-27,29-32,34,36,39H,25,28,33,35H2,1-2H3. The molecule has 1 heteroatoms. The van der Waals surface area contributed by atoms with Crippen LogP contribution in [-0.4, -0.2) is 0 Å². The summed E-state index contributed by atoms with van der Waals surface area (Å²) < 4.78 is 0. The minimum atomic E-state index is -0.0910. The van der Waals surface area contributed by atoms with E-state index >= 15 is 0 Å². The Morgan fingerprint density at radius 3 is 1.84 bits per heavy atom. The summed E-state index contributed by atoms with van der Waals surface area (Å²) in [5.41, 5.74) is 20.3. The Kier molecular flexibility index (Phi) is 7.04. The molecule has 0 aromatic heterocycles. The SMILES string of the molecule is CC1(C)c2ccccc2-c2cccc(-c3ccccc3-c3ccc(N(c4ccc5c(c4)C4(CC6CCC4C6)c4ccccc4-5)c4cccc5ccccc45)cc3)c21. The largest absolute Gasteiger partial charge is 0.310 e. The van der Waals surface area contributed by atoms with Gasteiger partial charge in [-0.2, -0.15) is 0 Å². The average molecular weight is 732 g/mol. The molecule has 2 saturated carbocycles. The molecule has 0 N–H and O–H groups in total. The van der Waals surface area contributed by atoms with Gasteiger partial charge in [-0.05, 0) is 134 Å². The summed E-state index contributed by atoms with van der Waals surface area (Å²) in [6, 6.07) is 66.5. The maximum Gasteiger partial charge on any atom is 0.0540 e. The van der Waals surface area contributed by atoms with Crippen LogP contribution < -0.4 is 4.90 Å². The lowest BCUT2D eigenvalue weighted by Crippen LogP contribution is -2.32. The number of benzene rings is 8. The predicted molar refractivity (Wildman–Crippen MR) is 239 cm³/mol. The highest BCUT2D eigenvalue weighted by Gasteiger charge is 2.56. The number of hydrogen-bond donors (Lipinski definition) is 0. The minimum absolute atomic E-state index is 0.0910. The molecule has 0 amide bonds. The molecule has 2 fully saturated rings. The van der Waals surface area contributed by atoms with Gasteiger partial charge in [0.1, 0.15) is 0 Å². The third-order valence-electron chi connectivity index (χ3n) is 14.5. The first kappa shape index (κ1) is 33.0. The first-order valence-corrected chi connectivity index (χ1v) is 21.0. The third kappa shape index (κ3) is 4.63. The number of fused-ring (bicyclic) bond motifs is 12. The Morgan fingerprint density at radius 1 is 0.474 bits per heavy atom. The van der Waals surface area contributed by atoms with Crippen molar-refractivity contribution in [3.63, 3.8) is 0 Å². The first-order chi connectivity index (χ1) is 28.0. The van der Waals surface area contributed by atoms with Crippen molar-refractivity contribution in [2.24, 2.45) is 11.8 Å². The minimum Gasteiger partial charge on any atom is -0.310 e. The fourth-order valence-electron chi connectivity index (χ4n) is 12.2. The molecule has 1 nitrogen and oxygen atoms in total. The van der Waals surface area contributed by atoms with E-state index in [9.17, 15) is 0 Å². The van der Waals surface area contributed by atoms with E-state index in [2.05, 4.69) is 195 Å². The molecule has 0 radical (unpaired) electrons. The summed E-state index contributed by atoms with van der Waals surface area (Å²) in [6.45, 7) is 4.77. The quantitative estimate of drug-likeness (QED) is 0.170. The predicted octanol–water partition coefficient (Wildman–Crippen LogP) is 15.0. The topological polar surface area (TPSA) is 3.24 Å². The molecule has 0 heterocycles. The summed E-state index contributed by atoms with van der Waals surface area (Å²) in [4.78, 5) is 2.52. The van der Waals surface area contributed by atoms with Gasteiger partial charge in [0.25, 0.3) is 0 Å². The van der Waals surface area contributed by atoms with Crippen LogP contribution >= 0.6 is 0 Å². The zero-order chi connectivity index (χ0) is 37.9. The van der Waals surface area contributed by atoms with Gasteiger partial charge in [0.05, 0.1) is 5.69 Å². The molecule has 3 unspecified atom stereocenters. The van der Waals surface area contributed by atoms with E-state index in [0.717, 1.165) is 11.8 Å². The van der Waals surface area contributed by atoms with Gasteiger partial charge in [0, 0.05) is 27.6 Å². The number of anilines is 3. The van der Waals surface area contributed by atoms with Gasteiger partial charge in [-0.1, -0.05) is 166 Å². The van der Waals surface area contributed by atoms with Crippen molar-refractivity contribution in [3.8, 4) is 44.5 Å². The van der Waals surface area contributed by atoms with E-state index in [1.54, 1.807) is 11.1 Å². The van der Waals surface area contributed by atoms with Crippen LogP contribution in [0.1, 0.15) is 61.8 Å². The molecule has 0 saturated heterocycles. The number of hydrogen-bond acceptors (Lipinski definition) is 1. The van der Waals surface area contributed by atoms with Crippen molar-refractivity contribution in [3.05, 3.63) is 198 Å².